The number of carbonyl (C=O) groups is 1. The first-order valence-electron chi connectivity index (χ1n) is 7.85. The number of likely N-dealkylation sites (tertiary alicyclic amines) is 1. The van der Waals surface area contributed by atoms with E-state index in [1.54, 1.807) is 19.1 Å². The Hall–Kier alpha value is -2.41. The van der Waals surface area contributed by atoms with Crippen LogP contribution in [0.3, 0.4) is 0 Å². The van der Waals surface area contributed by atoms with Crippen molar-refractivity contribution in [3.05, 3.63) is 65.0 Å². The van der Waals surface area contributed by atoms with E-state index < -0.39 is 29.8 Å². The van der Waals surface area contributed by atoms with Crippen molar-refractivity contribution in [3.8, 4) is 0 Å². The Morgan fingerprint density at radius 1 is 1.24 bits per heavy atom. The van der Waals surface area contributed by atoms with Gasteiger partial charge >= 0.3 is 6.18 Å². The average Bonchev–Trinajstić information content (AvgIpc) is 2.96. The molecule has 2 atom stereocenters. The number of nitrogens with zero attached hydrogens (tertiary/aromatic N) is 2. The highest BCUT2D eigenvalue weighted by atomic mass is 19.4. The van der Waals surface area contributed by atoms with E-state index in [1.807, 2.05) is 0 Å². The monoisotopic (exact) mass is 350 g/mol. The molecular formula is C18H17F3N2O2. The Morgan fingerprint density at radius 3 is 2.60 bits per heavy atom. The van der Waals surface area contributed by atoms with E-state index >= 15 is 0 Å². The molecule has 1 amide bonds. The molecule has 0 spiro atoms. The Bertz CT molecular complexity index is 775. The molecule has 3 rings (SSSR count). The summed E-state index contributed by atoms with van der Waals surface area (Å²) in [6.45, 7) is 1.76. The molecule has 1 aromatic carbocycles. The molecule has 1 fully saturated rings. The summed E-state index contributed by atoms with van der Waals surface area (Å²) < 4.78 is 40.0. The number of benzene rings is 1. The lowest BCUT2D eigenvalue weighted by atomic mass is 9.97. The van der Waals surface area contributed by atoms with E-state index in [-0.39, 0.29) is 24.1 Å². The second-order valence-corrected chi connectivity index (χ2v) is 6.14. The van der Waals surface area contributed by atoms with E-state index in [2.05, 4.69) is 4.98 Å². The second-order valence-electron chi connectivity index (χ2n) is 6.14. The van der Waals surface area contributed by atoms with Gasteiger partial charge in [0.25, 0.3) is 5.91 Å². The zero-order valence-corrected chi connectivity index (χ0v) is 13.5. The van der Waals surface area contributed by atoms with E-state index in [1.165, 1.54) is 29.3 Å². The Morgan fingerprint density at radius 2 is 1.96 bits per heavy atom. The average molecular weight is 350 g/mol. The zero-order valence-electron chi connectivity index (χ0n) is 13.5. The molecule has 1 N–H and O–H groups in total. The van der Waals surface area contributed by atoms with Crippen LogP contribution < -0.4 is 0 Å². The highest BCUT2D eigenvalue weighted by molar-refractivity contribution is 5.94. The number of amides is 1. The topological polar surface area (TPSA) is 53.4 Å². The van der Waals surface area contributed by atoms with Crippen LogP contribution in [0.25, 0.3) is 0 Å². The van der Waals surface area contributed by atoms with Crippen molar-refractivity contribution < 1.29 is 23.1 Å². The lowest BCUT2D eigenvalue weighted by Gasteiger charge is -2.27. The smallest absolute Gasteiger partial charge is 0.391 e. The van der Waals surface area contributed by atoms with Crippen LogP contribution in [0.15, 0.2) is 42.6 Å². The normalized spacial score (nSPS) is 20.8. The summed E-state index contributed by atoms with van der Waals surface area (Å²) >= 11 is 0. The summed E-state index contributed by atoms with van der Waals surface area (Å²) in [5.74, 6) is -0.439. The molecular weight excluding hydrogens is 333 g/mol. The van der Waals surface area contributed by atoms with Gasteiger partial charge in [0, 0.05) is 18.4 Å². The van der Waals surface area contributed by atoms with Crippen molar-refractivity contribution in [2.45, 2.75) is 31.7 Å². The van der Waals surface area contributed by atoms with E-state index in [4.69, 9.17) is 0 Å². The molecule has 0 unspecified atom stereocenters. The maximum Gasteiger partial charge on any atom is 0.416 e. The van der Waals surface area contributed by atoms with Crippen molar-refractivity contribution >= 4 is 5.91 Å². The number of hydrogen-bond donors (Lipinski definition) is 1. The number of rotatable bonds is 2. The molecule has 1 aromatic heterocycles. The minimum Gasteiger partial charge on any atom is -0.391 e. The first-order valence-corrected chi connectivity index (χ1v) is 7.85. The predicted molar refractivity (Wildman–Crippen MR) is 84.8 cm³/mol. The van der Waals surface area contributed by atoms with E-state index in [9.17, 15) is 23.1 Å². The summed E-state index contributed by atoms with van der Waals surface area (Å²) in [5, 5.41) is 9.97. The van der Waals surface area contributed by atoms with Crippen LogP contribution in [-0.4, -0.2) is 33.5 Å². The molecule has 0 radical (unpaired) electrons. The molecule has 1 aliphatic heterocycles. The highest BCUT2D eigenvalue weighted by Crippen LogP contribution is 2.40. The highest BCUT2D eigenvalue weighted by Gasteiger charge is 2.41. The standard InChI is InChI=1S/C18H17F3N2O2/c1-11-6-7-12(9-22-11)17(25)23-10-13(24)8-16(23)14-4-2-3-5-15(14)18(19,20)21/h2-7,9,13,16,24H,8,10H2,1H3/t13-,16+/m1/s1. The third-order valence-electron chi connectivity index (χ3n) is 4.32. The fourth-order valence-electron chi connectivity index (χ4n) is 3.14. The molecule has 0 bridgehead atoms. The number of pyridine rings is 1. The van der Waals surface area contributed by atoms with Gasteiger partial charge in [-0.2, -0.15) is 13.2 Å². The van der Waals surface area contributed by atoms with Crippen molar-refractivity contribution in [1.29, 1.82) is 0 Å². The lowest BCUT2D eigenvalue weighted by molar-refractivity contribution is -0.138. The molecule has 4 nitrogen and oxygen atoms in total. The van der Waals surface area contributed by atoms with Crippen molar-refractivity contribution in [2.75, 3.05) is 6.54 Å². The fourth-order valence-corrected chi connectivity index (χ4v) is 3.14. The van der Waals surface area contributed by atoms with Crippen molar-refractivity contribution in [3.63, 3.8) is 0 Å². The summed E-state index contributed by atoms with van der Waals surface area (Å²) in [6, 6.07) is 7.59. The Balaban J connectivity index is 1.98. The molecule has 0 aliphatic carbocycles. The van der Waals surface area contributed by atoms with Gasteiger partial charge in [0.1, 0.15) is 0 Å². The molecule has 132 valence electrons. The molecule has 2 heterocycles. The number of aryl methyl sites for hydroxylation is 1. The number of aliphatic hydroxyl groups is 1. The summed E-state index contributed by atoms with van der Waals surface area (Å²) in [4.78, 5) is 18.1. The van der Waals surface area contributed by atoms with Crippen LogP contribution in [0, 0.1) is 6.92 Å². The molecule has 25 heavy (non-hydrogen) atoms. The van der Waals surface area contributed by atoms with E-state index in [0.717, 1.165) is 11.8 Å². The summed E-state index contributed by atoms with van der Waals surface area (Å²) in [6.07, 6.45) is -3.93. The zero-order chi connectivity index (χ0) is 18.2. The minimum absolute atomic E-state index is 0.0000270. The first kappa shape index (κ1) is 17.4. The van der Waals surface area contributed by atoms with Gasteiger partial charge in [-0.1, -0.05) is 18.2 Å². The summed E-state index contributed by atoms with van der Waals surface area (Å²) in [5.41, 5.74) is 0.236. The van der Waals surface area contributed by atoms with Gasteiger partial charge in [-0.05, 0) is 37.1 Å². The van der Waals surface area contributed by atoms with Crippen LogP contribution in [0.5, 0.6) is 0 Å². The lowest BCUT2D eigenvalue weighted by Crippen LogP contribution is -2.32. The van der Waals surface area contributed by atoms with Crippen LogP contribution in [-0.2, 0) is 6.18 Å². The Kier molecular flexibility index (Phi) is 4.51. The van der Waals surface area contributed by atoms with Crippen molar-refractivity contribution in [2.24, 2.45) is 0 Å². The van der Waals surface area contributed by atoms with Gasteiger partial charge in [-0.3, -0.25) is 9.78 Å². The maximum atomic E-state index is 13.3. The van der Waals surface area contributed by atoms with Crippen LogP contribution in [0.2, 0.25) is 0 Å². The van der Waals surface area contributed by atoms with Gasteiger partial charge in [-0.15, -0.1) is 0 Å². The predicted octanol–water partition coefficient (Wildman–Crippen LogP) is 3.36. The largest absolute Gasteiger partial charge is 0.416 e. The van der Waals surface area contributed by atoms with Gasteiger partial charge in [-0.25, -0.2) is 0 Å². The number of aliphatic hydroxyl groups excluding tert-OH is 1. The van der Waals surface area contributed by atoms with Crippen molar-refractivity contribution in [1.82, 2.24) is 9.88 Å². The summed E-state index contributed by atoms with van der Waals surface area (Å²) in [7, 11) is 0. The quantitative estimate of drug-likeness (QED) is 0.904. The number of aromatic nitrogens is 1. The molecule has 2 aromatic rings. The number of halogens is 3. The van der Waals surface area contributed by atoms with Crippen LogP contribution in [0.1, 0.15) is 39.6 Å². The number of hydrogen-bond acceptors (Lipinski definition) is 3. The van der Waals surface area contributed by atoms with Crippen LogP contribution in [0.4, 0.5) is 13.2 Å². The molecule has 7 heteroatoms. The minimum atomic E-state index is -4.52. The molecule has 1 aliphatic rings. The molecule has 1 saturated heterocycles. The van der Waals surface area contributed by atoms with Gasteiger partial charge in [0.2, 0.25) is 0 Å². The number of alkyl halides is 3. The fraction of sp³-hybridized carbons (Fsp3) is 0.333. The van der Waals surface area contributed by atoms with Crippen LogP contribution >= 0.6 is 0 Å². The third-order valence-corrected chi connectivity index (χ3v) is 4.32. The Labute approximate surface area is 142 Å². The van der Waals surface area contributed by atoms with Gasteiger partial charge in [0.05, 0.1) is 23.3 Å². The molecule has 0 saturated carbocycles. The van der Waals surface area contributed by atoms with E-state index in [0.29, 0.717) is 0 Å². The van der Waals surface area contributed by atoms with Gasteiger partial charge < -0.3 is 10.0 Å². The number of carbonyl (C=O) groups excluding carboxylic acids is 1. The van der Waals surface area contributed by atoms with Gasteiger partial charge in [0.15, 0.2) is 0 Å². The SMILES string of the molecule is Cc1ccc(C(=O)N2C[C@H](O)C[C@H]2c2ccccc2C(F)(F)F)cn1. The first-order chi connectivity index (χ1) is 11.8. The second kappa shape index (κ2) is 6.48. The third kappa shape index (κ3) is 3.51. The maximum absolute atomic E-state index is 13.3. The number of β-amino-alcohol motifs (C(OH)–C–C–N with tert-alkyl or cyclic N) is 1.